The molecular formula is C12H12O4. The van der Waals surface area contributed by atoms with Crippen molar-refractivity contribution in [1.82, 2.24) is 0 Å². The van der Waals surface area contributed by atoms with Crippen molar-refractivity contribution in [3.63, 3.8) is 0 Å². The number of hydrogen-bond acceptors (Lipinski definition) is 4. The Morgan fingerprint density at radius 3 is 2.75 bits per heavy atom. The van der Waals surface area contributed by atoms with Crippen LogP contribution in [0.25, 0.3) is 0 Å². The lowest BCUT2D eigenvalue weighted by atomic mass is 10.1. The Balaban J connectivity index is 1.99. The maximum atomic E-state index is 11.6. The second-order valence-electron chi connectivity index (χ2n) is 3.57. The van der Waals surface area contributed by atoms with Gasteiger partial charge in [0.15, 0.2) is 6.10 Å². The van der Waals surface area contributed by atoms with Crippen LogP contribution in [0.5, 0.6) is 0 Å². The second-order valence-corrected chi connectivity index (χ2v) is 3.57. The molecule has 1 unspecified atom stereocenters. The lowest BCUT2D eigenvalue weighted by Gasteiger charge is -2.20. The van der Waals surface area contributed by atoms with Gasteiger partial charge in [-0.3, -0.25) is 0 Å². The molecule has 1 aliphatic heterocycles. The van der Waals surface area contributed by atoms with Gasteiger partial charge in [-0.1, -0.05) is 18.2 Å². The molecule has 1 fully saturated rings. The summed E-state index contributed by atoms with van der Waals surface area (Å²) in [6, 6.07) is 8.60. The molecule has 0 N–H and O–H groups in total. The molecule has 0 spiro atoms. The van der Waals surface area contributed by atoms with Crippen LogP contribution >= 0.6 is 0 Å². The zero-order valence-corrected chi connectivity index (χ0v) is 8.72. The molecule has 1 atom stereocenters. The number of esters is 2. The molecule has 84 valence electrons. The monoisotopic (exact) mass is 220 g/mol. The van der Waals surface area contributed by atoms with Crippen molar-refractivity contribution in [3.05, 3.63) is 35.9 Å². The molecule has 0 amide bonds. The summed E-state index contributed by atoms with van der Waals surface area (Å²) >= 11 is 0. The SMILES string of the molecule is O=C(OC1CCCOC1=O)c1ccccc1. The summed E-state index contributed by atoms with van der Waals surface area (Å²) < 4.78 is 9.89. The molecule has 1 aromatic carbocycles. The van der Waals surface area contributed by atoms with Gasteiger partial charge in [0.1, 0.15) is 0 Å². The van der Waals surface area contributed by atoms with Gasteiger partial charge in [-0.05, 0) is 25.0 Å². The van der Waals surface area contributed by atoms with Crippen LogP contribution in [-0.2, 0) is 14.3 Å². The van der Waals surface area contributed by atoms with Gasteiger partial charge < -0.3 is 9.47 Å². The highest BCUT2D eigenvalue weighted by atomic mass is 16.6. The Morgan fingerprint density at radius 2 is 2.06 bits per heavy atom. The van der Waals surface area contributed by atoms with Crippen molar-refractivity contribution >= 4 is 11.9 Å². The zero-order valence-electron chi connectivity index (χ0n) is 8.72. The zero-order chi connectivity index (χ0) is 11.4. The molecule has 0 radical (unpaired) electrons. The lowest BCUT2D eigenvalue weighted by Crippen LogP contribution is -2.33. The molecule has 1 aromatic rings. The standard InChI is InChI=1S/C12H12O4/c13-11(9-5-2-1-3-6-9)16-10-7-4-8-15-12(10)14/h1-3,5-6,10H,4,7-8H2. The van der Waals surface area contributed by atoms with Crippen molar-refractivity contribution in [2.24, 2.45) is 0 Å². The Hall–Kier alpha value is -1.84. The van der Waals surface area contributed by atoms with Crippen molar-refractivity contribution in [2.75, 3.05) is 6.61 Å². The fourth-order valence-corrected chi connectivity index (χ4v) is 1.53. The lowest BCUT2D eigenvalue weighted by molar-refractivity contribution is -0.159. The van der Waals surface area contributed by atoms with E-state index in [1.165, 1.54) is 0 Å². The van der Waals surface area contributed by atoms with Crippen LogP contribution in [0.4, 0.5) is 0 Å². The Labute approximate surface area is 93.2 Å². The predicted molar refractivity (Wildman–Crippen MR) is 55.8 cm³/mol. The summed E-state index contributed by atoms with van der Waals surface area (Å²) in [6.07, 6.45) is 0.525. The van der Waals surface area contributed by atoms with Crippen LogP contribution in [0.15, 0.2) is 30.3 Å². The van der Waals surface area contributed by atoms with Crippen LogP contribution in [0.3, 0.4) is 0 Å². The molecule has 4 nitrogen and oxygen atoms in total. The van der Waals surface area contributed by atoms with E-state index in [0.717, 1.165) is 6.42 Å². The third kappa shape index (κ3) is 2.39. The average Bonchev–Trinajstić information content (AvgIpc) is 2.33. The van der Waals surface area contributed by atoms with Gasteiger partial charge in [0.05, 0.1) is 12.2 Å². The third-order valence-electron chi connectivity index (χ3n) is 2.38. The molecule has 1 heterocycles. The van der Waals surface area contributed by atoms with Crippen molar-refractivity contribution in [2.45, 2.75) is 18.9 Å². The Bertz CT molecular complexity index is 385. The molecule has 0 aromatic heterocycles. The summed E-state index contributed by atoms with van der Waals surface area (Å²) in [5, 5.41) is 0. The third-order valence-corrected chi connectivity index (χ3v) is 2.38. The van der Waals surface area contributed by atoms with Crippen LogP contribution in [0.1, 0.15) is 23.2 Å². The molecule has 0 bridgehead atoms. The first-order chi connectivity index (χ1) is 7.77. The maximum absolute atomic E-state index is 11.6. The van der Waals surface area contributed by atoms with E-state index in [1.54, 1.807) is 24.3 Å². The van der Waals surface area contributed by atoms with E-state index in [4.69, 9.17) is 9.47 Å². The number of cyclic esters (lactones) is 1. The molecule has 2 rings (SSSR count). The molecule has 1 aliphatic rings. The summed E-state index contributed by atoms with van der Waals surface area (Å²) in [7, 11) is 0. The van der Waals surface area contributed by atoms with Crippen LogP contribution in [-0.4, -0.2) is 24.6 Å². The minimum Gasteiger partial charge on any atom is -0.463 e. The summed E-state index contributed by atoms with van der Waals surface area (Å²) in [5.41, 5.74) is 0.445. The molecule has 0 saturated carbocycles. The first-order valence-electron chi connectivity index (χ1n) is 5.20. The highest BCUT2D eigenvalue weighted by Crippen LogP contribution is 2.13. The fraction of sp³-hybridized carbons (Fsp3) is 0.333. The van der Waals surface area contributed by atoms with Gasteiger partial charge in [0.25, 0.3) is 0 Å². The highest BCUT2D eigenvalue weighted by Gasteiger charge is 2.27. The molecule has 16 heavy (non-hydrogen) atoms. The first-order valence-corrected chi connectivity index (χ1v) is 5.20. The van der Waals surface area contributed by atoms with Gasteiger partial charge in [-0.25, -0.2) is 9.59 Å². The number of carbonyl (C=O) groups excluding carboxylic acids is 2. The number of benzene rings is 1. The van der Waals surface area contributed by atoms with Gasteiger partial charge >= 0.3 is 11.9 Å². The fourth-order valence-electron chi connectivity index (χ4n) is 1.53. The number of rotatable bonds is 2. The summed E-state index contributed by atoms with van der Waals surface area (Å²) in [5.74, 6) is -0.931. The summed E-state index contributed by atoms with van der Waals surface area (Å²) in [6.45, 7) is 0.415. The number of hydrogen-bond donors (Lipinski definition) is 0. The van der Waals surface area contributed by atoms with Crippen LogP contribution < -0.4 is 0 Å². The normalized spacial score (nSPS) is 20.0. The van der Waals surface area contributed by atoms with Crippen molar-refractivity contribution < 1.29 is 19.1 Å². The quantitative estimate of drug-likeness (QED) is 0.709. The van der Waals surface area contributed by atoms with E-state index in [9.17, 15) is 9.59 Å². The molecular weight excluding hydrogens is 208 g/mol. The molecule has 1 saturated heterocycles. The van der Waals surface area contributed by atoms with Crippen molar-refractivity contribution in [1.29, 1.82) is 0 Å². The van der Waals surface area contributed by atoms with Gasteiger partial charge in [0, 0.05) is 0 Å². The van der Waals surface area contributed by atoms with E-state index < -0.39 is 18.0 Å². The molecule has 4 heteroatoms. The second kappa shape index (κ2) is 4.79. The number of ether oxygens (including phenoxy) is 2. The maximum Gasteiger partial charge on any atom is 0.347 e. The van der Waals surface area contributed by atoms with Crippen LogP contribution in [0, 0.1) is 0 Å². The van der Waals surface area contributed by atoms with E-state index in [0.29, 0.717) is 18.6 Å². The molecule has 0 aliphatic carbocycles. The van der Waals surface area contributed by atoms with Crippen molar-refractivity contribution in [3.8, 4) is 0 Å². The average molecular weight is 220 g/mol. The minimum absolute atomic E-state index is 0.415. The van der Waals surface area contributed by atoms with E-state index in [2.05, 4.69) is 0 Å². The van der Waals surface area contributed by atoms with Gasteiger partial charge in [-0.2, -0.15) is 0 Å². The first kappa shape index (κ1) is 10.7. The van der Waals surface area contributed by atoms with E-state index in [1.807, 2.05) is 6.07 Å². The highest BCUT2D eigenvalue weighted by molar-refractivity contribution is 5.91. The van der Waals surface area contributed by atoms with E-state index in [-0.39, 0.29) is 0 Å². The largest absolute Gasteiger partial charge is 0.463 e. The van der Waals surface area contributed by atoms with Gasteiger partial charge in [-0.15, -0.1) is 0 Å². The van der Waals surface area contributed by atoms with E-state index >= 15 is 0 Å². The topological polar surface area (TPSA) is 52.6 Å². The Kier molecular flexibility index (Phi) is 3.19. The Morgan fingerprint density at radius 1 is 1.31 bits per heavy atom. The smallest absolute Gasteiger partial charge is 0.347 e. The minimum atomic E-state index is -0.749. The van der Waals surface area contributed by atoms with Gasteiger partial charge in [0.2, 0.25) is 0 Å². The summed E-state index contributed by atoms with van der Waals surface area (Å²) in [4.78, 5) is 22.9. The number of carbonyl (C=O) groups is 2. The predicted octanol–water partition coefficient (Wildman–Crippen LogP) is 1.55. The van der Waals surface area contributed by atoms with Crippen LogP contribution in [0.2, 0.25) is 0 Å².